The molecule has 0 bridgehead atoms. The summed E-state index contributed by atoms with van der Waals surface area (Å²) in [5.74, 6) is -0.0203. The van der Waals surface area contributed by atoms with E-state index in [4.69, 9.17) is 21.1 Å². The van der Waals surface area contributed by atoms with Crippen molar-refractivity contribution in [2.24, 2.45) is 5.92 Å². The van der Waals surface area contributed by atoms with Gasteiger partial charge in [-0.15, -0.1) is 0 Å². The van der Waals surface area contributed by atoms with Crippen LogP contribution in [0.15, 0.2) is 108 Å². The van der Waals surface area contributed by atoms with Crippen LogP contribution in [0.25, 0.3) is 0 Å². The summed E-state index contributed by atoms with van der Waals surface area (Å²) >= 11 is 6.08. The summed E-state index contributed by atoms with van der Waals surface area (Å²) < 4.78 is 42.0. The average molecular weight is 663 g/mol. The van der Waals surface area contributed by atoms with Gasteiger partial charge in [-0.25, -0.2) is 8.42 Å². The summed E-state index contributed by atoms with van der Waals surface area (Å²) in [7, 11) is -3.78. The smallest absolute Gasteiger partial charge is 0.261 e. The van der Waals surface area contributed by atoms with Crippen LogP contribution in [0.4, 0.5) is 5.69 Å². The second-order valence-corrected chi connectivity index (χ2v) is 14.3. The maximum Gasteiger partial charge on any atom is 0.261 e. The molecule has 0 radical (unpaired) electrons. The third kappa shape index (κ3) is 7.31. The summed E-state index contributed by atoms with van der Waals surface area (Å²) in [6.07, 6.45) is -0.0957. The zero-order chi connectivity index (χ0) is 32.3. The molecular formula is C36H39ClN2O6S. The Hall–Kier alpha value is -3.28. The number of nitrogens with zero attached hydrogens (tertiary/aromatic N) is 1. The molecule has 3 N–H and O–H groups in total. The van der Waals surface area contributed by atoms with Crippen molar-refractivity contribution < 1.29 is 28.1 Å². The third-order valence-corrected chi connectivity index (χ3v) is 10.7. The Kier molecular flexibility index (Phi) is 9.82. The maximum absolute atomic E-state index is 13.0. The van der Waals surface area contributed by atoms with E-state index in [1.807, 2.05) is 54.6 Å². The first-order chi connectivity index (χ1) is 22.1. The predicted molar refractivity (Wildman–Crippen MR) is 178 cm³/mol. The van der Waals surface area contributed by atoms with E-state index in [2.05, 4.69) is 16.5 Å². The topological polar surface area (TPSA) is 108 Å². The molecule has 1 unspecified atom stereocenters. The standard InChI is InChI=1S/C36H39ClN2O6S/c1-25-33(23-39-20-18-36(41,19-21-39)29-14-16-30(37)17-15-29)44-35(45-34(25)27-12-10-26(24-40)11-13-27)28-6-5-7-31(22-28)38-46(42,43)32-8-3-2-4-9-32/h2-17,22,25,33-35,38,40-41H,18-21,23-24H2,1H3/t25-,33+,34+,35?/m0/s1. The number of rotatable bonds is 9. The molecule has 2 fully saturated rings. The lowest BCUT2D eigenvalue weighted by molar-refractivity contribution is -0.277. The van der Waals surface area contributed by atoms with Gasteiger partial charge < -0.3 is 24.6 Å². The molecule has 2 heterocycles. The van der Waals surface area contributed by atoms with Crippen LogP contribution in [0.1, 0.15) is 54.4 Å². The number of piperidine rings is 1. The Balaban J connectivity index is 1.22. The van der Waals surface area contributed by atoms with E-state index < -0.39 is 21.9 Å². The lowest BCUT2D eigenvalue weighted by Crippen LogP contribution is -2.49. The van der Waals surface area contributed by atoms with Gasteiger partial charge in [0.1, 0.15) is 0 Å². The molecule has 8 nitrogen and oxygen atoms in total. The Morgan fingerprint density at radius 2 is 1.59 bits per heavy atom. The van der Waals surface area contributed by atoms with Crippen molar-refractivity contribution in [3.63, 3.8) is 0 Å². The van der Waals surface area contributed by atoms with Crippen LogP contribution < -0.4 is 4.72 Å². The first kappa shape index (κ1) is 32.7. The summed E-state index contributed by atoms with van der Waals surface area (Å²) in [6.45, 7) is 4.11. The predicted octanol–water partition coefficient (Wildman–Crippen LogP) is 6.41. The summed E-state index contributed by atoms with van der Waals surface area (Å²) in [5, 5.41) is 21.6. The molecule has 2 aliphatic heterocycles. The van der Waals surface area contributed by atoms with Crippen LogP contribution in [0.2, 0.25) is 5.02 Å². The van der Waals surface area contributed by atoms with Crippen molar-refractivity contribution in [2.75, 3.05) is 24.4 Å². The average Bonchev–Trinajstić information content (AvgIpc) is 3.07. The van der Waals surface area contributed by atoms with E-state index in [-0.39, 0.29) is 29.6 Å². The van der Waals surface area contributed by atoms with E-state index in [1.165, 1.54) is 0 Å². The van der Waals surface area contributed by atoms with Crippen molar-refractivity contribution >= 4 is 27.3 Å². The number of aliphatic hydroxyl groups excluding tert-OH is 1. The minimum Gasteiger partial charge on any atom is -0.392 e. The molecule has 2 aliphatic rings. The number of aliphatic hydroxyl groups is 2. The summed E-state index contributed by atoms with van der Waals surface area (Å²) in [4.78, 5) is 2.50. The van der Waals surface area contributed by atoms with Crippen LogP contribution in [-0.4, -0.2) is 49.3 Å². The zero-order valence-corrected chi connectivity index (χ0v) is 27.2. The number of hydrogen-bond acceptors (Lipinski definition) is 7. The normalized spacial score (nSPS) is 23.6. The van der Waals surface area contributed by atoms with E-state index >= 15 is 0 Å². The molecule has 4 aromatic carbocycles. The molecule has 0 amide bonds. The maximum atomic E-state index is 13.0. The molecule has 6 rings (SSSR count). The van der Waals surface area contributed by atoms with Crippen LogP contribution in [0.5, 0.6) is 0 Å². The van der Waals surface area contributed by atoms with Gasteiger partial charge in [0, 0.05) is 41.8 Å². The van der Waals surface area contributed by atoms with Gasteiger partial charge in [-0.2, -0.15) is 0 Å². The summed E-state index contributed by atoms with van der Waals surface area (Å²) in [5.41, 5.74) is 2.86. The fourth-order valence-corrected chi connectivity index (χ4v) is 7.50. The first-order valence-corrected chi connectivity index (χ1v) is 17.4. The van der Waals surface area contributed by atoms with Crippen molar-refractivity contribution in [3.05, 3.63) is 130 Å². The number of nitrogens with one attached hydrogen (secondary N) is 1. The molecule has 0 aromatic heterocycles. The highest BCUT2D eigenvalue weighted by Crippen LogP contribution is 2.43. The number of ether oxygens (including phenoxy) is 2. The Labute approximate surface area is 275 Å². The lowest BCUT2D eigenvalue weighted by Gasteiger charge is -2.45. The number of anilines is 1. The third-order valence-electron chi connectivity index (χ3n) is 9.09. The van der Waals surface area contributed by atoms with E-state index in [9.17, 15) is 18.6 Å². The Morgan fingerprint density at radius 1 is 0.891 bits per heavy atom. The van der Waals surface area contributed by atoms with E-state index in [1.54, 1.807) is 48.5 Å². The molecule has 242 valence electrons. The SMILES string of the molecule is C[C@H]1[C@@H](CN2CCC(O)(c3ccc(Cl)cc3)CC2)OC(c2cccc(NS(=O)(=O)c3ccccc3)c2)O[C@H]1c1ccc(CO)cc1. The van der Waals surface area contributed by atoms with Gasteiger partial charge in [0.25, 0.3) is 10.0 Å². The van der Waals surface area contributed by atoms with Crippen molar-refractivity contribution in [2.45, 2.75) is 55.4 Å². The highest BCUT2D eigenvalue weighted by molar-refractivity contribution is 7.92. The molecule has 46 heavy (non-hydrogen) atoms. The van der Waals surface area contributed by atoms with Crippen LogP contribution >= 0.6 is 11.6 Å². The highest BCUT2D eigenvalue weighted by Gasteiger charge is 2.41. The second kappa shape index (κ2) is 13.8. The van der Waals surface area contributed by atoms with Gasteiger partial charge in [0.15, 0.2) is 6.29 Å². The summed E-state index contributed by atoms with van der Waals surface area (Å²) in [6, 6.07) is 30.5. The number of benzene rings is 4. The number of hydrogen-bond donors (Lipinski definition) is 3. The van der Waals surface area contributed by atoms with E-state index in [0.29, 0.717) is 48.7 Å². The van der Waals surface area contributed by atoms with Crippen molar-refractivity contribution in [1.82, 2.24) is 4.90 Å². The zero-order valence-electron chi connectivity index (χ0n) is 25.6. The van der Waals surface area contributed by atoms with Gasteiger partial charge in [-0.05, 0) is 65.9 Å². The number of likely N-dealkylation sites (tertiary alicyclic amines) is 1. The highest BCUT2D eigenvalue weighted by atomic mass is 35.5. The molecule has 0 saturated carbocycles. The minimum atomic E-state index is -3.78. The molecule has 4 atom stereocenters. The van der Waals surface area contributed by atoms with Gasteiger partial charge in [0.05, 0.1) is 29.3 Å². The lowest BCUT2D eigenvalue weighted by atomic mass is 9.84. The minimum absolute atomic E-state index is 0.0203. The fourth-order valence-electron chi connectivity index (χ4n) is 6.30. The van der Waals surface area contributed by atoms with Gasteiger partial charge >= 0.3 is 0 Å². The molecule has 4 aromatic rings. The molecule has 0 aliphatic carbocycles. The number of halogens is 1. The quantitative estimate of drug-likeness (QED) is 0.190. The van der Waals surface area contributed by atoms with Crippen LogP contribution in [0.3, 0.4) is 0 Å². The van der Waals surface area contributed by atoms with Crippen LogP contribution in [-0.2, 0) is 31.7 Å². The van der Waals surface area contributed by atoms with Gasteiger partial charge in [-0.1, -0.05) is 85.3 Å². The number of sulfonamides is 1. The van der Waals surface area contributed by atoms with Crippen LogP contribution in [0, 0.1) is 5.92 Å². The Bertz CT molecular complexity index is 1710. The second-order valence-electron chi connectivity index (χ2n) is 12.2. The molecular weight excluding hydrogens is 624 g/mol. The Morgan fingerprint density at radius 3 is 2.26 bits per heavy atom. The van der Waals surface area contributed by atoms with Crippen molar-refractivity contribution in [3.8, 4) is 0 Å². The monoisotopic (exact) mass is 662 g/mol. The largest absolute Gasteiger partial charge is 0.392 e. The van der Waals surface area contributed by atoms with Crippen molar-refractivity contribution in [1.29, 1.82) is 0 Å². The van der Waals surface area contributed by atoms with E-state index in [0.717, 1.165) is 16.7 Å². The molecule has 2 saturated heterocycles. The molecule has 10 heteroatoms. The van der Waals surface area contributed by atoms with Gasteiger partial charge in [0.2, 0.25) is 0 Å². The van der Waals surface area contributed by atoms with Gasteiger partial charge in [-0.3, -0.25) is 4.72 Å². The fraction of sp³-hybridized carbons (Fsp3) is 0.333. The molecule has 0 spiro atoms. The first-order valence-electron chi connectivity index (χ1n) is 15.5.